The molecule has 10 heteroatoms. The maximum atomic E-state index is 12.6. The van der Waals surface area contributed by atoms with E-state index in [1.807, 2.05) is 13.8 Å². The van der Waals surface area contributed by atoms with Crippen LogP contribution in [0, 0.1) is 5.92 Å². The van der Waals surface area contributed by atoms with Gasteiger partial charge in [0.2, 0.25) is 17.7 Å². The molecule has 0 aliphatic carbocycles. The molecule has 2 heterocycles. The third kappa shape index (κ3) is 5.43. The number of nitrogens with zero attached hydrogens (tertiary/aromatic N) is 3. The molecule has 1 fully saturated rings. The number of anilines is 1. The average molecular weight is 387 g/mol. The monoisotopic (exact) mass is 386 g/mol. The third-order valence-electron chi connectivity index (χ3n) is 4.22. The SMILES string of the molecule is CC(C)[C@H](N)C(=O)NCC(=O)NC1CCCN(c2cnn(C)c2)C1=O.Cl. The molecular formula is C16H27ClN6O3. The summed E-state index contributed by atoms with van der Waals surface area (Å²) in [5, 5.41) is 9.25. The van der Waals surface area contributed by atoms with Crippen LogP contribution in [0.3, 0.4) is 0 Å². The van der Waals surface area contributed by atoms with E-state index in [0.29, 0.717) is 18.7 Å². The van der Waals surface area contributed by atoms with E-state index in [-0.39, 0.29) is 36.7 Å². The Morgan fingerprint density at radius 2 is 2.12 bits per heavy atom. The molecular weight excluding hydrogens is 360 g/mol. The number of aryl methyl sites for hydroxylation is 1. The zero-order chi connectivity index (χ0) is 18.6. The number of carbonyl (C=O) groups excluding carboxylic acids is 3. The number of amides is 3. The summed E-state index contributed by atoms with van der Waals surface area (Å²) in [4.78, 5) is 38.0. The van der Waals surface area contributed by atoms with Crippen LogP contribution in [0.5, 0.6) is 0 Å². The van der Waals surface area contributed by atoms with Gasteiger partial charge in [-0.25, -0.2) is 0 Å². The van der Waals surface area contributed by atoms with E-state index in [9.17, 15) is 14.4 Å². The molecule has 3 amide bonds. The highest BCUT2D eigenvalue weighted by Gasteiger charge is 2.31. The van der Waals surface area contributed by atoms with Gasteiger partial charge in [-0.1, -0.05) is 13.8 Å². The van der Waals surface area contributed by atoms with Crippen LogP contribution in [0.2, 0.25) is 0 Å². The van der Waals surface area contributed by atoms with E-state index in [1.54, 1.807) is 29.0 Å². The number of hydrogen-bond donors (Lipinski definition) is 3. The molecule has 146 valence electrons. The van der Waals surface area contributed by atoms with Crippen molar-refractivity contribution in [3.05, 3.63) is 12.4 Å². The van der Waals surface area contributed by atoms with Gasteiger partial charge in [-0.2, -0.15) is 5.10 Å². The maximum Gasteiger partial charge on any atom is 0.249 e. The minimum absolute atomic E-state index is 0. The molecule has 1 unspecified atom stereocenters. The van der Waals surface area contributed by atoms with Gasteiger partial charge >= 0.3 is 0 Å². The van der Waals surface area contributed by atoms with Crippen LogP contribution in [-0.4, -0.2) is 52.7 Å². The Hall–Kier alpha value is -2.13. The molecule has 0 radical (unpaired) electrons. The number of aromatic nitrogens is 2. The summed E-state index contributed by atoms with van der Waals surface area (Å²) in [5.74, 6) is -0.971. The summed E-state index contributed by atoms with van der Waals surface area (Å²) >= 11 is 0. The predicted octanol–water partition coefficient (Wildman–Crippen LogP) is -0.447. The van der Waals surface area contributed by atoms with Crippen molar-refractivity contribution in [1.82, 2.24) is 20.4 Å². The van der Waals surface area contributed by atoms with Crippen molar-refractivity contribution < 1.29 is 14.4 Å². The van der Waals surface area contributed by atoms with Gasteiger partial charge in [0.15, 0.2) is 0 Å². The fourth-order valence-corrected chi connectivity index (χ4v) is 2.65. The zero-order valence-corrected chi connectivity index (χ0v) is 16.1. The molecule has 2 rings (SSSR count). The summed E-state index contributed by atoms with van der Waals surface area (Å²) < 4.78 is 1.62. The summed E-state index contributed by atoms with van der Waals surface area (Å²) in [6.07, 6.45) is 4.72. The van der Waals surface area contributed by atoms with Crippen LogP contribution in [0.4, 0.5) is 5.69 Å². The van der Waals surface area contributed by atoms with Gasteiger partial charge in [0.1, 0.15) is 6.04 Å². The number of rotatable bonds is 6. The number of carbonyl (C=O) groups is 3. The van der Waals surface area contributed by atoms with Crippen LogP contribution in [0.25, 0.3) is 0 Å². The Labute approximate surface area is 159 Å². The molecule has 4 N–H and O–H groups in total. The van der Waals surface area contributed by atoms with Gasteiger partial charge in [-0.05, 0) is 18.8 Å². The number of piperidine rings is 1. The largest absolute Gasteiger partial charge is 0.346 e. The molecule has 1 saturated heterocycles. The van der Waals surface area contributed by atoms with Crippen molar-refractivity contribution in [2.45, 2.75) is 38.8 Å². The lowest BCUT2D eigenvalue weighted by Gasteiger charge is -2.31. The molecule has 0 saturated carbocycles. The summed E-state index contributed by atoms with van der Waals surface area (Å²) in [5.41, 5.74) is 6.44. The fourth-order valence-electron chi connectivity index (χ4n) is 2.65. The van der Waals surface area contributed by atoms with Crippen LogP contribution < -0.4 is 21.3 Å². The highest BCUT2D eigenvalue weighted by Crippen LogP contribution is 2.20. The molecule has 0 spiro atoms. The summed E-state index contributed by atoms with van der Waals surface area (Å²) in [7, 11) is 1.78. The Kier molecular flexibility index (Phi) is 8.04. The maximum absolute atomic E-state index is 12.6. The predicted molar refractivity (Wildman–Crippen MR) is 99.8 cm³/mol. The van der Waals surface area contributed by atoms with Crippen molar-refractivity contribution in [2.24, 2.45) is 18.7 Å². The second-order valence-electron chi connectivity index (χ2n) is 6.61. The van der Waals surface area contributed by atoms with Crippen LogP contribution in [0.15, 0.2) is 12.4 Å². The highest BCUT2D eigenvalue weighted by atomic mass is 35.5. The van der Waals surface area contributed by atoms with Crippen molar-refractivity contribution in [1.29, 1.82) is 0 Å². The molecule has 1 aromatic rings. The van der Waals surface area contributed by atoms with Gasteiger partial charge in [0.05, 0.1) is 24.5 Å². The molecule has 1 aliphatic heterocycles. The van der Waals surface area contributed by atoms with Crippen molar-refractivity contribution in [2.75, 3.05) is 18.0 Å². The Balaban J connectivity index is 0.00000338. The average Bonchev–Trinajstić information content (AvgIpc) is 3.00. The van der Waals surface area contributed by atoms with Gasteiger partial charge in [-0.3, -0.25) is 19.1 Å². The molecule has 2 atom stereocenters. The third-order valence-corrected chi connectivity index (χ3v) is 4.22. The smallest absolute Gasteiger partial charge is 0.249 e. The second-order valence-corrected chi connectivity index (χ2v) is 6.61. The molecule has 1 aliphatic rings. The lowest BCUT2D eigenvalue weighted by atomic mass is 10.0. The van der Waals surface area contributed by atoms with E-state index >= 15 is 0 Å². The van der Waals surface area contributed by atoms with E-state index in [1.165, 1.54) is 0 Å². The van der Waals surface area contributed by atoms with E-state index < -0.39 is 18.0 Å². The van der Waals surface area contributed by atoms with Gasteiger partial charge in [0.25, 0.3) is 0 Å². The Bertz CT molecular complexity index is 648. The van der Waals surface area contributed by atoms with E-state index in [4.69, 9.17) is 5.73 Å². The van der Waals surface area contributed by atoms with Gasteiger partial charge < -0.3 is 21.3 Å². The zero-order valence-electron chi connectivity index (χ0n) is 15.3. The summed E-state index contributed by atoms with van der Waals surface area (Å²) in [6.45, 7) is 4.06. The molecule has 1 aromatic heterocycles. The second kappa shape index (κ2) is 9.54. The Morgan fingerprint density at radius 1 is 1.42 bits per heavy atom. The number of hydrogen-bond acceptors (Lipinski definition) is 5. The lowest BCUT2D eigenvalue weighted by Crippen LogP contribution is -2.54. The minimum Gasteiger partial charge on any atom is -0.346 e. The van der Waals surface area contributed by atoms with Gasteiger partial charge in [-0.15, -0.1) is 12.4 Å². The minimum atomic E-state index is -0.662. The fraction of sp³-hybridized carbons (Fsp3) is 0.625. The standard InChI is InChI=1S/C16H26N6O3.ClH/c1-10(2)14(17)15(24)18-8-13(23)20-12-5-4-6-22(16(12)25)11-7-19-21(3)9-11;/h7,9-10,12,14H,4-6,8,17H2,1-3H3,(H,18,24)(H,20,23);1H/t12?,14-;/m0./s1. The topological polar surface area (TPSA) is 122 Å². The van der Waals surface area contributed by atoms with Crippen LogP contribution in [-0.2, 0) is 21.4 Å². The quantitative estimate of drug-likeness (QED) is 0.611. The summed E-state index contributed by atoms with van der Waals surface area (Å²) in [6, 6.07) is -1.26. The molecule has 0 bridgehead atoms. The van der Waals surface area contributed by atoms with Crippen molar-refractivity contribution in [3.8, 4) is 0 Å². The first kappa shape index (κ1) is 21.9. The molecule has 9 nitrogen and oxygen atoms in total. The van der Waals surface area contributed by atoms with Gasteiger partial charge in [0, 0.05) is 19.8 Å². The van der Waals surface area contributed by atoms with E-state index in [2.05, 4.69) is 15.7 Å². The first-order valence-corrected chi connectivity index (χ1v) is 8.42. The van der Waals surface area contributed by atoms with Crippen molar-refractivity contribution in [3.63, 3.8) is 0 Å². The number of nitrogens with one attached hydrogen (secondary N) is 2. The van der Waals surface area contributed by atoms with E-state index in [0.717, 1.165) is 6.42 Å². The van der Waals surface area contributed by atoms with Crippen LogP contribution >= 0.6 is 12.4 Å². The molecule has 26 heavy (non-hydrogen) atoms. The van der Waals surface area contributed by atoms with Crippen LogP contribution in [0.1, 0.15) is 26.7 Å². The van der Waals surface area contributed by atoms with Crippen molar-refractivity contribution >= 4 is 35.8 Å². The molecule has 0 aromatic carbocycles. The highest BCUT2D eigenvalue weighted by molar-refractivity contribution is 6.00. The normalized spacial score (nSPS) is 18.3. The first-order valence-electron chi connectivity index (χ1n) is 8.42. The lowest BCUT2D eigenvalue weighted by molar-refractivity contribution is -0.130. The Morgan fingerprint density at radius 3 is 2.69 bits per heavy atom. The first-order chi connectivity index (χ1) is 11.8. The number of halogens is 1. The number of nitrogens with two attached hydrogens (primary N) is 1.